The van der Waals surface area contributed by atoms with Gasteiger partial charge >= 0.3 is 5.97 Å². The average molecular weight is 294 g/mol. The standard InChI is InChI=1S/C14H16ClN3O2/c1-8(12-7-18(3)17-9(12)2)16-10-4-5-13(15)11(6-10)14(19)20/h4-8,16H,1-3H3,(H,19,20). The van der Waals surface area contributed by atoms with Gasteiger partial charge in [0.1, 0.15) is 0 Å². The van der Waals surface area contributed by atoms with Gasteiger partial charge in [0.05, 0.1) is 22.3 Å². The van der Waals surface area contributed by atoms with Crippen LogP contribution >= 0.6 is 11.6 Å². The van der Waals surface area contributed by atoms with Crippen LogP contribution in [-0.2, 0) is 7.05 Å². The zero-order valence-corrected chi connectivity index (χ0v) is 12.3. The van der Waals surface area contributed by atoms with E-state index >= 15 is 0 Å². The number of carboxylic acids is 1. The lowest BCUT2D eigenvalue weighted by molar-refractivity contribution is 0.0697. The van der Waals surface area contributed by atoms with Gasteiger partial charge in [-0.1, -0.05) is 11.6 Å². The van der Waals surface area contributed by atoms with Gasteiger partial charge in [0, 0.05) is 24.5 Å². The minimum atomic E-state index is -1.04. The van der Waals surface area contributed by atoms with E-state index in [9.17, 15) is 4.79 Å². The number of hydrogen-bond acceptors (Lipinski definition) is 3. The Morgan fingerprint density at radius 2 is 2.20 bits per heavy atom. The van der Waals surface area contributed by atoms with Crippen LogP contribution in [0.5, 0.6) is 0 Å². The maximum atomic E-state index is 11.1. The van der Waals surface area contributed by atoms with Gasteiger partial charge in [0.15, 0.2) is 0 Å². The summed E-state index contributed by atoms with van der Waals surface area (Å²) in [5.74, 6) is -1.04. The van der Waals surface area contributed by atoms with Gasteiger partial charge in [0.2, 0.25) is 0 Å². The molecule has 1 aromatic carbocycles. The summed E-state index contributed by atoms with van der Waals surface area (Å²) >= 11 is 5.85. The first-order valence-corrected chi connectivity index (χ1v) is 6.56. The average Bonchev–Trinajstić information content (AvgIpc) is 2.70. The number of hydrogen-bond donors (Lipinski definition) is 2. The van der Waals surface area contributed by atoms with Crippen molar-refractivity contribution in [2.75, 3.05) is 5.32 Å². The molecule has 2 rings (SSSR count). The number of rotatable bonds is 4. The van der Waals surface area contributed by atoms with Gasteiger partial charge in [0.25, 0.3) is 0 Å². The lowest BCUT2D eigenvalue weighted by Crippen LogP contribution is -2.08. The molecular formula is C14H16ClN3O2. The van der Waals surface area contributed by atoms with E-state index in [0.29, 0.717) is 5.69 Å². The first-order valence-electron chi connectivity index (χ1n) is 6.18. The van der Waals surface area contributed by atoms with Crippen molar-refractivity contribution in [2.45, 2.75) is 19.9 Å². The molecule has 0 spiro atoms. The summed E-state index contributed by atoms with van der Waals surface area (Å²) in [6.45, 7) is 3.94. The zero-order chi connectivity index (χ0) is 14.9. The van der Waals surface area contributed by atoms with E-state index in [1.54, 1.807) is 16.8 Å². The number of aromatic nitrogens is 2. The van der Waals surface area contributed by atoms with Crippen molar-refractivity contribution >= 4 is 23.3 Å². The predicted molar refractivity (Wildman–Crippen MR) is 78.4 cm³/mol. The van der Waals surface area contributed by atoms with Gasteiger partial charge < -0.3 is 10.4 Å². The number of carbonyl (C=O) groups is 1. The number of nitrogens with one attached hydrogen (secondary N) is 1. The lowest BCUT2D eigenvalue weighted by atomic mass is 10.1. The number of nitrogens with zero attached hydrogens (tertiary/aromatic N) is 2. The van der Waals surface area contributed by atoms with Crippen LogP contribution in [0.3, 0.4) is 0 Å². The maximum absolute atomic E-state index is 11.1. The second kappa shape index (κ2) is 5.54. The van der Waals surface area contributed by atoms with E-state index in [1.807, 2.05) is 27.1 Å². The van der Waals surface area contributed by atoms with Gasteiger partial charge in [-0.15, -0.1) is 0 Å². The molecule has 6 heteroatoms. The number of benzene rings is 1. The van der Waals surface area contributed by atoms with Gasteiger partial charge in [-0.25, -0.2) is 4.79 Å². The molecule has 0 aliphatic heterocycles. The molecule has 5 nitrogen and oxygen atoms in total. The molecule has 20 heavy (non-hydrogen) atoms. The van der Waals surface area contributed by atoms with Crippen molar-refractivity contribution < 1.29 is 9.90 Å². The fourth-order valence-corrected chi connectivity index (χ4v) is 2.35. The molecule has 2 aromatic rings. The van der Waals surface area contributed by atoms with Crippen molar-refractivity contribution in [3.8, 4) is 0 Å². The minimum Gasteiger partial charge on any atom is -0.478 e. The Labute approximate surface area is 122 Å². The zero-order valence-electron chi connectivity index (χ0n) is 11.5. The molecule has 0 bridgehead atoms. The molecule has 1 aromatic heterocycles. The second-order valence-electron chi connectivity index (χ2n) is 4.71. The highest BCUT2D eigenvalue weighted by Gasteiger charge is 2.14. The van der Waals surface area contributed by atoms with Crippen molar-refractivity contribution in [3.05, 3.63) is 46.2 Å². The molecule has 0 amide bonds. The lowest BCUT2D eigenvalue weighted by Gasteiger charge is -2.15. The summed E-state index contributed by atoms with van der Waals surface area (Å²) in [6, 6.07) is 4.89. The fourth-order valence-electron chi connectivity index (χ4n) is 2.15. The minimum absolute atomic E-state index is 0.0199. The highest BCUT2D eigenvalue weighted by atomic mass is 35.5. The van der Waals surface area contributed by atoms with Crippen LogP contribution in [0.2, 0.25) is 5.02 Å². The topological polar surface area (TPSA) is 67.2 Å². The Balaban J connectivity index is 2.24. The first kappa shape index (κ1) is 14.4. The molecule has 0 aliphatic rings. The van der Waals surface area contributed by atoms with E-state index in [0.717, 1.165) is 11.3 Å². The van der Waals surface area contributed by atoms with Crippen molar-refractivity contribution in [1.29, 1.82) is 0 Å². The Morgan fingerprint density at radius 3 is 2.75 bits per heavy atom. The Morgan fingerprint density at radius 1 is 1.50 bits per heavy atom. The summed E-state index contributed by atoms with van der Waals surface area (Å²) in [6.07, 6.45) is 1.95. The van der Waals surface area contributed by atoms with Crippen LogP contribution in [-0.4, -0.2) is 20.9 Å². The first-order chi connectivity index (χ1) is 9.38. The van der Waals surface area contributed by atoms with Crippen LogP contribution in [0, 0.1) is 6.92 Å². The molecule has 0 aliphatic carbocycles. The monoisotopic (exact) mass is 293 g/mol. The predicted octanol–water partition coefficient (Wildman–Crippen LogP) is 3.25. The largest absolute Gasteiger partial charge is 0.478 e. The molecule has 1 heterocycles. The Hall–Kier alpha value is -2.01. The van der Waals surface area contributed by atoms with E-state index < -0.39 is 5.97 Å². The highest BCUT2D eigenvalue weighted by molar-refractivity contribution is 6.33. The molecule has 0 saturated carbocycles. The number of aromatic carboxylic acids is 1. The summed E-state index contributed by atoms with van der Waals surface area (Å²) in [7, 11) is 1.87. The summed E-state index contributed by atoms with van der Waals surface area (Å²) in [4.78, 5) is 11.1. The third-order valence-electron chi connectivity index (χ3n) is 3.10. The fraction of sp³-hybridized carbons (Fsp3) is 0.286. The van der Waals surface area contributed by atoms with Crippen molar-refractivity contribution in [3.63, 3.8) is 0 Å². The van der Waals surface area contributed by atoms with E-state index in [-0.39, 0.29) is 16.6 Å². The summed E-state index contributed by atoms with van der Waals surface area (Å²) < 4.78 is 1.76. The van der Waals surface area contributed by atoms with E-state index in [1.165, 1.54) is 6.07 Å². The third-order valence-corrected chi connectivity index (χ3v) is 3.43. The van der Waals surface area contributed by atoms with Crippen LogP contribution < -0.4 is 5.32 Å². The van der Waals surface area contributed by atoms with E-state index in [4.69, 9.17) is 16.7 Å². The third kappa shape index (κ3) is 2.93. The number of carboxylic acid groups (broad SMARTS) is 1. The number of halogens is 1. The quantitative estimate of drug-likeness (QED) is 0.908. The van der Waals surface area contributed by atoms with Gasteiger partial charge in [-0.2, -0.15) is 5.10 Å². The Kier molecular flexibility index (Phi) is 3.99. The van der Waals surface area contributed by atoms with Crippen LogP contribution in [0.4, 0.5) is 5.69 Å². The van der Waals surface area contributed by atoms with Gasteiger partial charge in [-0.05, 0) is 32.0 Å². The SMILES string of the molecule is Cc1nn(C)cc1C(C)Nc1ccc(Cl)c(C(=O)O)c1. The van der Waals surface area contributed by atoms with Crippen molar-refractivity contribution in [2.24, 2.45) is 7.05 Å². The second-order valence-corrected chi connectivity index (χ2v) is 5.12. The van der Waals surface area contributed by atoms with E-state index in [2.05, 4.69) is 10.4 Å². The van der Waals surface area contributed by atoms with Crippen LogP contribution in [0.1, 0.15) is 34.6 Å². The molecule has 0 fully saturated rings. The molecule has 106 valence electrons. The normalized spacial score (nSPS) is 12.2. The molecule has 2 N–H and O–H groups in total. The molecule has 1 atom stereocenters. The van der Waals surface area contributed by atoms with Crippen LogP contribution in [0.25, 0.3) is 0 Å². The maximum Gasteiger partial charge on any atom is 0.337 e. The molecule has 1 unspecified atom stereocenters. The number of aryl methyl sites for hydroxylation is 2. The number of anilines is 1. The summed E-state index contributed by atoms with van der Waals surface area (Å²) in [5.41, 5.74) is 2.81. The molecule has 0 radical (unpaired) electrons. The smallest absolute Gasteiger partial charge is 0.337 e. The van der Waals surface area contributed by atoms with Gasteiger partial charge in [-0.3, -0.25) is 4.68 Å². The molecular weight excluding hydrogens is 278 g/mol. The molecule has 0 saturated heterocycles. The highest BCUT2D eigenvalue weighted by Crippen LogP contribution is 2.25. The van der Waals surface area contributed by atoms with Crippen molar-refractivity contribution in [1.82, 2.24) is 9.78 Å². The Bertz CT molecular complexity index is 652. The van der Waals surface area contributed by atoms with Crippen LogP contribution in [0.15, 0.2) is 24.4 Å². The summed E-state index contributed by atoms with van der Waals surface area (Å²) in [5, 5.41) is 16.8.